The highest BCUT2D eigenvalue weighted by atomic mass is 35.5. The van der Waals surface area contributed by atoms with Crippen molar-refractivity contribution in [2.45, 2.75) is 46.8 Å². The predicted octanol–water partition coefficient (Wildman–Crippen LogP) is 4.70. The van der Waals surface area contributed by atoms with Crippen LogP contribution in [0.1, 0.15) is 39.7 Å². The molecule has 1 atom stereocenters. The maximum atomic E-state index is 13.6. The number of aromatic nitrogens is 1. The SMILES string of the molecule is CC1Oc2nc(NC(=O)CC(C)(C)C)c(Cl)cc2N(Cc2cc(F)cc(F)c2)C1=O. The second kappa shape index (κ2) is 8.18. The maximum Gasteiger partial charge on any atom is 0.268 e. The van der Waals surface area contributed by atoms with Crippen LogP contribution in [0, 0.1) is 17.0 Å². The fourth-order valence-electron chi connectivity index (χ4n) is 3.09. The number of pyridine rings is 1. The summed E-state index contributed by atoms with van der Waals surface area (Å²) in [6.45, 7) is 7.23. The Labute approximate surface area is 178 Å². The molecule has 0 aliphatic carbocycles. The van der Waals surface area contributed by atoms with E-state index in [0.717, 1.165) is 18.2 Å². The van der Waals surface area contributed by atoms with Crippen molar-refractivity contribution in [1.82, 2.24) is 4.98 Å². The van der Waals surface area contributed by atoms with Gasteiger partial charge in [0.25, 0.3) is 5.91 Å². The number of fused-ring (bicyclic) bond motifs is 1. The molecule has 1 aromatic heterocycles. The van der Waals surface area contributed by atoms with Crippen molar-refractivity contribution in [3.63, 3.8) is 0 Å². The van der Waals surface area contributed by atoms with Gasteiger partial charge in [-0.15, -0.1) is 0 Å². The van der Waals surface area contributed by atoms with Crippen LogP contribution in [0.3, 0.4) is 0 Å². The molecule has 0 saturated carbocycles. The van der Waals surface area contributed by atoms with E-state index in [0.29, 0.717) is 0 Å². The van der Waals surface area contributed by atoms with Crippen molar-refractivity contribution < 1.29 is 23.1 Å². The minimum atomic E-state index is -0.872. The van der Waals surface area contributed by atoms with Gasteiger partial charge in [-0.1, -0.05) is 32.4 Å². The average molecular weight is 438 g/mol. The van der Waals surface area contributed by atoms with E-state index in [-0.39, 0.29) is 52.3 Å². The Morgan fingerprint density at radius 3 is 2.47 bits per heavy atom. The lowest BCUT2D eigenvalue weighted by Crippen LogP contribution is -2.44. The molecule has 2 heterocycles. The Balaban J connectivity index is 1.93. The Hall–Kier alpha value is -2.74. The van der Waals surface area contributed by atoms with Gasteiger partial charge in [-0.05, 0) is 36.1 Å². The molecule has 0 fully saturated rings. The van der Waals surface area contributed by atoms with Crippen molar-refractivity contribution in [1.29, 1.82) is 0 Å². The van der Waals surface area contributed by atoms with E-state index in [2.05, 4.69) is 10.3 Å². The molecule has 1 unspecified atom stereocenters. The molecule has 160 valence electrons. The lowest BCUT2D eigenvalue weighted by molar-refractivity contribution is -0.126. The molecule has 2 amide bonds. The predicted molar refractivity (Wildman–Crippen MR) is 110 cm³/mol. The third-order valence-electron chi connectivity index (χ3n) is 4.33. The zero-order valence-electron chi connectivity index (χ0n) is 17.1. The number of anilines is 2. The number of benzene rings is 1. The van der Waals surface area contributed by atoms with Crippen LogP contribution >= 0.6 is 11.6 Å². The molecular weight excluding hydrogens is 416 g/mol. The number of hydrogen-bond donors (Lipinski definition) is 1. The van der Waals surface area contributed by atoms with Crippen LogP contribution in [0.5, 0.6) is 5.88 Å². The first-order valence-corrected chi connectivity index (χ1v) is 9.74. The zero-order chi connectivity index (χ0) is 22.2. The van der Waals surface area contributed by atoms with Crippen LogP contribution in [0.4, 0.5) is 20.3 Å². The van der Waals surface area contributed by atoms with Crippen LogP contribution < -0.4 is 15.0 Å². The molecule has 0 spiro atoms. The lowest BCUT2D eigenvalue weighted by Gasteiger charge is -2.32. The summed E-state index contributed by atoms with van der Waals surface area (Å²) in [6.07, 6.45) is -0.613. The van der Waals surface area contributed by atoms with Crippen molar-refractivity contribution in [3.05, 3.63) is 46.5 Å². The molecule has 1 N–H and O–H groups in total. The zero-order valence-corrected chi connectivity index (χ0v) is 17.8. The summed E-state index contributed by atoms with van der Waals surface area (Å²) in [4.78, 5) is 30.5. The van der Waals surface area contributed by atoms with Crippen LogP contribution in [-0.4, -0.2) is 22.9 Å². The number of nitrogens with one attached hydrogen (secondary N) is 1. The van der Waals surface area contributed by atoms with Crippen LogP contribution in [-0.2, 0) is 16.1 Å². The van der Waals surface area contributed by atoms with Gasteiger partial charge in [0.15, 0.2) is 11.9 Å². The first kappa shape index (κ1) is 22.0. The number of carbonyl (C=O) groups is 2. The van der Waals surface area contributed by atoms with E-state index in [1.54, 1.807) is 6.92 Å². The lowest BCUT2D eigenvalue weighted by atomic mass is 9.92. The van der Waals surface area contributed by atoms with E-state index in [1.807, 2.05) is 20.8 Å². The number of amides is 2. The summed E-state index contributed by atoms with van der Waals surface area (Å²) in [5.41, 5.74) is 0.292. The largest absolute Gasteiger partial charge is 0.463 e. The van der Waals surface area contributed by atoms with Gasteiger partial charge in [0.05, 0.1) is 11.6 Å². The third-order valence-corrected chi connectivity index (χ3v) is 4.61. The van der Waals surface area contributed by atoms with Gasteiger partial charge in [0, 0.05) is 12.5 Å². The molecule has 1 aliphatic heterocycles. The summed E-state index contributed by atoms with van der Waals surface area (Å²) in [6, 6.07) is 4.49. The number of rotatable bonds is 4. The van der Waals surface area contributed by atoms with Gasteiger partial charge in [-0.25, -0.2) is 8.78 Å². The van der Waals surface area contributed by atoms with Crippen molar-refractivity contribution >= 4 is 34.9 Å². The second-order valence-corrected chi connectivity index (χ2v) is 8.80. The minimum absolute atomic E-state index is 0.0921. The van der Waals surface area contributed by atoms with E-state index in [4.69, 9.17) is 16.3 Å². The summed E-state index contributed by atoms with van der Waals surface area (Å²) in [5.74, 6) is -1.95. The second-order valence-electron chi connectivity index (χ2n) is 8.39. The third kappa shape index (κ3) is 5.05. The van der Waals surface area contributed by atoms with Gasteiger partial charge in [0.1, 0.15) is 17.3 Å². The summed E-state index contributed by atoms with van der Waals surface area (Å²) in [7, 11) is 0. The molecule has 1 aliphatic rings. The highest BCUT2D eigenvalue weighted by Crippen LogP contribution is 2.38. The molecule has 2 aromatic rings. The molecule has 3 rings (SSSR count). The number of nitrogens with zero attached hydrogens (tertiary/aromatic N) is 2. The number of hydrogen-bond acceptors (Lipinski definition) is 4. The first-order valence-electron chi connectivity index (χ1n) is 9.36. The summed E-state index contributed by atoms with van der Waals surface area (Å²) >= 11 is 6.29. The molecule has 1 aromatic carbocycles. The number of ether oxygens (including phenoxy) is 1. The van der Waals surface area contributed by atoms with Crippen LogP contribution in [0.25, 0.3) is 0 Å². The molecular formula is C21H22ClF2N3O3. The Bertz CT molecular complexity index is 987. The van der Waals surface area contributed by atoms with Crippen molar-refractivity contribution in [2.75, 3.05) is 10.2 Å². The highest BCUT2D eigenvalue weighted by Gasteiger charge is 2.34. The molecule has 30 heavy (non-hydrogen) atoms. The van der Waals surface area contributed by atoms with E-state index < -0.39 is 23.6 Å². The van der Waals surface area contributed by atoms with Crippen molar-refractivity contribution in [3.8, 4) is 5.88 Å². The fourth-order valence-corrected chi connectivity index (χ4v) is 3.28. The Morgan fingerprint density at radius 2 is 1.87 bits per heavy atom. The van der Waals surface area contributed by atoms with E-state index in [1.165, 1.54) is 11.0 Å². The minimum Gasteiger partial charge on any atom is -0.463 e. The number of halogens is 3. The first-order chi connectivity index (χ1) is 13.9. The Morgan fingerprint density at radius 1 is 1.23 bits per heavy atom. The highest BCUT2D eigenvalue weighted by molar-refractivity contribution is 6.33. The quantitative estimate of drug-likeness (QED) is 0.752. The van der Waals surface area contributed by atoms with Gasteiger partial charge in [-0.2, -0.15) is 4.98 Å². The molecule has 0 bridgehead atoms. The number of carbonyl (C=O) groups excluding carboxylic acids is 2. The normalized spacial score (nSPS) is 16.2. The molecule has 9 heteroatoms. The monoisotopic (exact) mass is 437 g/mol. The van der Waals surface area contributed by atoms with E-state index >= 15 is 0 Å². The topological polar surface area (TPSA) is 71.5 Å². The smallest absolute Gasteiger partial charge is 0.268 e. The van der Waals surface area contributed by atoms with Crippen LogP contribution in [0.2, 0.25) is 5.02 Å². The summed E-state index contributed by atoms with van der Waals surface area (Å²) < 4.78 is 32.7. The molecule has 0 saturated heterocycles. The van der Waals surface area contributed by atoms with Gasteiger partial charge < -0.3 is 10.1 Å². The van der Waals surface area contributed by atoms with Crippen LogP contribution in [0.15, 0.2) is 24.3 Å². The molecule has 0 radical (unpaired) electrons. The fraction of sp³-hybridized carbons (Fsp3) is 0.381. The summed E-state index contributed by atoms with van der Waals surface area (Å²) in [5, 5.41) is 2.77. The van der Waals surface area contributed by atoms with Crippen molar-refractivity contribution in [2.24, 2.45) is 5.41 Å². The van der Waals surface area contributed by atoms with E-state index in [9.17, 15) is 18.4 Å². The van der Waals surface area contributed by atoms with Gasteiger partial charge >= 0.3 is 0 Å². The average Bonchev–Trinajstić information content (AvgIpc) is 2.58. The van der Waals surface area contributed by atoms with Gasteiger partial charge in [-0.3, -0.25) is 14.5 Å². The standard InChI is InChI=1S/C21H22ClF2N3O3/c1-11-20(29)27(10-12-5-13(23)7-14(24)6-12)16-8-15(22)18(26-19(16)30-11)25-17(28)9-21(2,3)4/h5-8,11H,9-10H2,1-4H3,(H,25,26,28). The molecule has 6 nitrogen and oxygen atoms in total. The Kier molecular flexibility index (Phi) is 5.99. The maximum absolute atomic E-state index is 13.6. The van der Waals surface area contributed by atoms with Gasteiger partial charge in [0.2, 0.25) is 11.8 Å².